The smallest absolute Gasteiger partial charge is 0.332 e. The van der Waals surface area contributed by atoms with E-state index in [0.29, 0.717) is 24.3 Å². The van der Waals surface area contributed by atoms with Gasteiger partial charge < -0.3 is 25.2 Å². The summed E-state index contributed by atoms with van der Waals surface area (Å²) < 4.78 is 5.27. The molecular weight excluding hydrogens is 681 g/mol. The molecule has 2 heterocycles. The first-order valence-corrected chi connectivity index (χ1v) is 18.2. The Morgan fingerprint density at radius 3 is 2.24 bits per heavy atom. The van der Waals surface area contributed by atoms with E-state index in [2.05, 4.69) is 28.8 Å². The lowest BCUT2D eigenvalue weighted by Crippen LogP contribution is -2.66. The maximum atomic E-state index is 14.5. The third-order valence-corrected chi connectivity index (χ3v) is 10.1. The van der Waals surface area contributed by atoms with E-state index >= 15 is 0 Å². The van der Waals surface area contributed by atoms with Crippen molar-refractivity contribution in [1.82, 2.24) is 25.1 Å². The predicted octanol–water partition coefficient (Wildman–Crippen LogP) is 6.06. The molecule has 0 unspecified atom stereocenters. The fourth-order valence-corrected chi connectivity index (χ4v) is 7.39. The zero-order valence-electron chi connectivity index (χ0n) is 30.6. The molecule has 54 heavy (non-hydrogen) atoms. The van der Waals surface area contributed by atoms with E-state index in [9.17, 15) is 19.2 Å². The van der Waals surface area contributed by atoms with E-state index in [1.54, 1.807) is 41.3 Å². The van der Waals surface area contributed by atoms with Crippen LogP contribution in [0.1, 0.15) is 40.9 Å². The van der Waals surface area contributed by atoms with E-state index in [-0.39, 0.29) is 49.3 Å². The summed E-state index contributed by atoms with van der Waals surface area (Å²) in [5.74, 6) is 0.132. The van der Waals surface area contributed by atoms with Gasteiger partial charge in [-0.1, -0.05) is 84.9 Å². The van der Waals surface area contributed by atoms with Crippen molar-refractivity contribution in [2.45, 2.75) is 51.6 Å². The lowest BCUT2D eigenvalue weighted by Gasteiger charge is -2.47. The third kappa shape index (κ3) is 7.62. The summed E-state index contributed by atoms with van der Waals surface area (Å²) in [5, 5.41) is 11.5. The van der Waals surface area contributed by atoms with Crippen LogP contribution in [0.3, 0.4) is 0 Å². The van der Waals surface area contributed by atoms with Crippen molar-refractivity contribution < 1.29 is 23.9 Å². The highest BCUT2D eigenvalue weighted by atomic mass is 16.5. The number of piperazine rings is 1. The normalized spacial score (nSPS) is 17.1. The van der Waals surface area contributed by atoms with Crippen molar-refractivity contribution in [1.29, 1.82) is 0 Å². The van der Waals surface area contributed by atoms with Gasteiger partial charge in [-0.25, -0.2) is 4.79 Å². The number of hydrazine groups is 1. The Bertz CT molecular complexity index is 2130. The summed E-state index contributed by atoms with van der Waals surface area (Å²) in [6.45, 7) is 4.64. The van der Waals surface area contributed by atoms with Gasteiger partial charge in [0.2, 0.25) is 11.8 Å². The van der Waals surface area contributed by atoms with E-state index in [1.807, 2.05) is 103 Å². The van der Waals surface area contributed by atoms with Crippen molar-refractivity contribution in [2.24, 2.45) is 0 Å². The van der Waals surface area contributed by atoms with Crippen LogP contribution in [0.4, 0.5) is 10.5 Å². The van der Waals surface area contributed by atoms with Crippen molar-refractivity contribution >= 4 is 40.2 Å². The maximum absolute atomic E-state index is 14.5. The fourth-order valence-electron chi connectivity index (χ4n) is 7.39. The molecule has 0 aromatic heterocycles. The number of nitrogens with zero attached hydrogens (tertiary/aromatic N) is 4. The molecule has 11 nitrogen and oxygen atoms in total. The minimum atomic E-state index is -0.808. The van der Waals surface area contributed by atoms with Crippen molar-refractivity contribution in [3.8, 4) is 5.75 Å². The highest BCUT2D eigenvalue weighted by molar-refractivity contribution is 6.04. The molecule has 5 amide bonds. The SMILES string of the molecule is COc1ccc(CNC(=O)N(C(C)C)N2CC(=O)N3[C@@H](Cc4ccc(NC(=O)c5ccccc5)cc4)C(=O)N(Cc4cccc5ccccc45)C[C@@H]32)cc1. The molecule has 0 aliphatic carbocycles. The van der Waals surface area contributed by atoms with Crippen LogP contribution >= 0.6 is 0 Å². The summed E-state index contributed by atoms with van der Waals surface area (Å²) in [7, 11) is 1.61. The van der Waals surface area contributed by atoms with Crippen LogP contribution in [0.25, 0.3) is 10.8 Å². The van der Waals surface area contributed by atoms with E-state index < -0.39 is 12.2 Å². The van der Waals surface area contributed by atoms with Gasteiger partial charge in [-0.05, 0) is 77.7 Å². The second kappa shape index (κ2) is 15.8. The molecule has 0 radical (unpaired) electrons. The van der Waals surface area contributed by atoms with Gasteiger partial charge in [-0.2, -0.15) is 5.01 Å². The van der Waals surface area contributed by atoms with Crippen LogP contribution in [0.2, 0.25) is 0 Å². The third-order valence-electron chi connectivity index (χ3n) is 10.1. The molecule has 2 saturated heterocycles. The summed E-state index contributed by atoms with van der Waals surface area (Å²) in [5.41, 5.74) is 3.91. The van der Waals surface area contributed by atoms with Crippen LogP contribution in [-0.4, -0.2) is 82.0 Å². The molecule has 0 saturated carbocycles. The number of benzene rings is 5. The molecule has 11 heteroatoms. The number of anilines is 1. The predicted molar refractivity (Wildman–Crippen MR) is 207 cm³/mol. The van der Waals surface area contributed by atoms with Crippen molar-refractivity contribution in [3.05, 3.63) is 144 Å². The van der Waals surface area contributed by atoms with Crippen LogP contribution in [0.15, 0.2) is 121 Å². The number of rotatable bonds is 11. The zero-order chi connectivity index (χ0) is 37.8. The molecule has 2 fully saturated rings. The number of fused-ring (bicyclic) bond motifs is 2. The molecule has 0 spiro atoms. The Kier molecular flexibility index (Phi) is 10.6. The van der Waals surface area contributed by atoms with Crippen LogP contribution in [-0.2, 0) is 29.1 Å². The number of hydrogen-bond acceptors (Lipinski definition) is 6. The van der Waals surface area contributed by atoms with Gasteiger partial charge in [0.1, 0.15) is 18.0 Å². The number of hydrogen-bond donors (Lipinski definition) is 2. The Balaban J connectivity index is 1.16. The molecular formula is C43H44N6O5. The minimum Gasteiger partial charge on any atom is -0.497 e. The second-order valence-corrected chi connectivity index (χ2v) is 13.9. The number of carbonyl (C=O) groups excluding carboxylic acids is 4. The number of methoxy groups -OCH3 is 1. The zero-order valence-corrected chi connectivity index (χ0v) is 30.6. The molecule has 276 valence electrons. The molecule has 2 N–H and O–H groups in total. The van der Waals surface area contributed by atoms with Crippen LogP contribution in [0, 0.1) is 0 Å². The van der Waals surface area contributed by atoms with Gasteiger partial charge in [-0.15, -0.1) is 0 Å². The Hall–Kier alpha value is -6.20. The number of nitrogens with one attached hydrogen (secondary N) is 2. The summed E-state index contributed by atoms with van der Waals surface area (Å²) >= 11 is 0. The quantitative estimate of drug-likeness (QED) is 0.171. The van der Waals surface area contributed by atoms with E-state index in [0.717, 1.165) is 33.2 Å². The lowest BCUT2D eigenvalue weighted by molar-refractivity contribution is -0.158. The van der Waals surface area contributed by atoms with Gasteiger partial charge in [0.25, 0.3) is 5.91 Å². The van der Waals surface area contributed by atoms with Gasteiger partial charge >= 0.3 is 6.03 Å². The first kappa shape index (κ1) is 36.2. The Labute approximate surface area is 315 Å². The largest absolute Gasteiger partial charge is 0.497 e. The van der Waals surface area contributed by atoms with Gasteiger partial charge in [0, 0.05) is 36.8 Å². The molecule has 2 aliphatic heterocycles. The lowest BCUT2D eigenvalue weighted by atomic mass is 9.98. The highest BCUT2D eigenvalue weighted by Gasteiger charge is 2.52. The van der Waals surface area contributed by atoms with Gasteiger partial charge in [-0.3, -0.25) is 19.4 Å². The molecule has 2 atom stereocenters. The second-order valence-electron chi connectivity index (χ2n) is 13.9. The topological polar surface area (TPSA) is 115 Å². The summed E-state index contributed by atoms with van der Waals surface area (Å²) in [6.07, 6.45) is -0.312. The van der Waals surface area contributed by atoms with Crippen molar-refractivity contribution in [2.75, 3.05) is 25.5 Å². The molecule has 5 aromatic rings. The number of ether oxygens (including phenoxy) is 1. The molecule has 0 bridgehead atoms. The average Bonchev–Trinajstić information content (AvgIpc) is 3.51. The highest BCUT2D eigenvalue weighted by Crippen LogP contribution is 2.32. The van der Waals surface area contributed by atoms with E-state index in [1.165, 1.54) is 0 Å². The molecule has 7 rings (SSSR count). The molecule has 5 aromatic carbocycles. The summed E-state index contributed by atoms with van der Waals surface area (Å²) in [4.78, 5) is 58.7. The van der Waals surface area contributed by atoms with Crippen LogP contribution in [0.5, 0.6) is 5.75 Å². The number of amides is 5. The van der Waals surface area contributed by atoms with Crippen LogP contribution < -0.4 is 15.4 Å². The maximum Gasteiger partial charge on any atom is 0.332 e. The first-order chi connectivity index (χ1) is 26.2. The minimum absolute atomic E-state index is 0.0465. The molecule has 2 aliphatic rings. The average molecular weight is 725 g/mol. The first-order valence-electron chi connectivity index (χ1n) is 18.2. The van der Waals surface area contributed by atoms with Gasteiger partial charge in [0.15, 0.2) is 0 Å². The monoisotopic (exact) mass is 724 g/mol. The number of carbonyl (C=O) groups is 4. The van der Waals surface area contributed by atoms with Gasteiger partial charge in [0.05, 0.1) is 20.2 Å². The van der Waals surface area contributed by atoms with E-state index in [4.69, 9.17) is 4.74 Å². The fraction of sp³-hybridized carbons (Fsp3) is 0.256. The Morgan fingerprint density at radius 2 is 1.52 bits per heavy atom. The van der Waals surface area contributed by atoms with Crippen molar-refractivity contribution in [3.63, 3.8) is 0 Å². The standard InChI is InChI=1S/C43H44N6O5/c1-29(2)49(43(53)44-25-31-18-22-36(54-3)23-19-31)47-28-40(50)48-38(24-30-16-20-35(21-17-30)45-41(51)33-11-5-4-6-12-33)42(52)46(27-39(47)48)26-34-14-9-13-32-10-7-8-15-37(32)34/h4-23,29,38-39H,24-28H2,1-3H3,(H,44,53)(H,45,51)/t38-,39+/m0/s1. The number of urea groups is 1. The summed E-state index contributed by atoms with van der Waals surface area (Å²) in [6, 6.07) is 36.6. The Morgan fingerprint density at radius 1 is 0.833 bits per heavy atom.